The number of nitrogens with one attached hydrogen (secondary N) is 1. The molecule has 0 aliphatic carbocycles. The fourth-order valence-electron chi connectivity index (χ4n) is 4.15. The van der Waals surface area contributed by atoms with Crippen molar-refractivity contribution >= 4 is 23.1 Å². The van der Waals surface area contributed by atoms with Crippen LogP contribution in [0, 0.1) is 20.8 Å². The van der Waals surface area contributed by atoms with E-state index in [1.54, 1.807) is 23.7 Å². The van der Waals surface area contributed by atoms with Crippen LogP contribution < -0.4 is 9.47 Å². The SMILES string of the molecule is Cc1ccc(-c2c[nH]cc2C(=O)OCC(=O)c2cc(C)n(Cc3ccc4c(c3)OCO4)c2C)s1. The lowest BCUT2D eigenvalue weighted by atomic mass is 10.1. The fourth-order valence-corrected chi connectivity index (χ4v) is 5.05. The molecule has 7 nitrogen and oxygen atoms in total. The quantitative estimate of drug-likeness (QED) is 0.290. The topological polar surface area (TPSA) is 82.6 Å². The number of rotatable bonds is 7. The number of esters is 1. The molecular formula is C26H24N2O5S. The zero-order valence-corrected chi connectivity index (χ0v) is 20.0. The average molecular weight is 477 g/mol. The number of aromatic amines is 1. The Kier molecular flexibility index (Phi) is 5.75. The number of nitrogens with zero attached hydrogens (tertiary/aromatic N) is 1. The average Bonchev–Trinajstić information content (AvgIpc) is 3.61. The molecule has 174 valence electrons. The first-order chi connectivity index (χ1) is 16.4. The minimum atomic E-state index is -0.523. The molecule has 0 unspecified atom stereocenters. The van der Waals surface area contributed by atoms with Crippen molar-refractivity contribution in [3.8, 4) is 21.9 Å². The molecule has 0 radical (unpaired) electrons. The molecule has 0 saturated carbocycles. The Hall–Kier alpha value is -3.78. The second-order valence-electron chi connectivity index (χ2n) is 8.25. The van der Waals surface area contributed by atoms with Crippen molar-refractivity contribution in [1.29, 1.82) is 0 Å². The van der Waals surface area contributed by atoms with Crippen LogP contribution in [0.2, 0.25) is 0 Å². The first-order valence-electron chi connectivity index (χ1n) is 10.9. The minimum Gasteiger partial charge on any atom is -0.454 e. The van der Waals surface area contributed by atoms with E-state index >= 15 is 0 Å². The van der Waals surface area contributed by atoms with E-state index < -0.39 is 5.97 Å². The van der Waals surface area contributed by atoms with Crippen molar-refractivity contribution in [2.45, 2.75) is 27.3 Å². The van der Waals surface area contributed by atoms with E-state index in [4.69, 9.17) is 14.2 Å². The van der Waals surface area contributed by atoms with E-state index in [2.05, 4.69) is 9.55 Å². The molecule has 3 aromatic heterocycles. The number of hydrogen-bond donors (Lipinski definition) is 1. The number of fused-ring (bicyclic) bond motifs is 1. The highest BCUT2D eigenvalue weighted by atomic mass is 32.1. The summed E-state index contributed by atoms with van der Waals surface area (Å²) in [5, 5.41) is 0. The van der Waals surface area contributed by atoms with Crippen molar-refractivity contribution in [3.63, 3.8) is 0 Å². The maximum absolute atomic E-state index is 12.9. The van der Waals surface area contributed by atoms with Crippen molar-refractivity contribution in [3.05, 3.63) is 81.7 Å². The van der Waals surface area contributed by atoms with E-state index in [9.17, 15) is 9.59 Å². The van der Waals surface area contributed by atoms with Crippen LogP contribution in [0.1, 0.15) is 42.5 Å². The van der Waals surface area contributed by atoms with E-state index in [0.717, 1.165) is 43.8 Å². The number of ether oxygens (including phenoxy) is 3. The van der Waals surface area contributed by atoms with Gasteiger partial charge in [-0.25, -0.2) is 4.79 Å². The van der Waals surface area contributed by atoms with Crippen molar-refractivity contribution < 1.29 is 23.8 Å². The van der Waals surface area contributed by atoms with Crippen LogP contribution in [-0.2, 0) is 11.3 Å². The summed E-state index contributed by atoms with van der Waals surface area (Å²) in [5.74, 6) is 0.708. The van der Waals surface area contributed by atoms with Gasteiger partial charge in [0, 0.05) is 51.2 Å². The largest absolute Gasteiger partial charge is 0.454 e. The summed E-state index contributed by atoms with van der Waals surface area (Å²) in [7, 11) is 0. The molecule has 5 rings (SSSR count). The van der Waals surface area contributed by atoms with Gasteiger partial charge in [0.15, 0.2) is 18.1 Å². The van der Waals surface area contributed by atoms with E-state index in [-0.39, 0.29) is 19.2 Å². The monoisotopic (exact) mass is 476 g/mol. The molecule has 0 amide bonds. The maximum Gasteiger partial charge on any atom is 0.340 e. The fraction of sp³-hybridized carbons (Fsp3) is 0.231. The summed E-state index contributed by atoms with van der Waals surface area (Å²) in [5.41, 5.74) is 4.56. The maximum atomic E-state index is 12.9. The van der Waals surface area contributed by atoms with Gasteiger partial charge < -0.3 is 23.8 Å². The van der Waals surface area contributed by atoms with Crippen LogP contribution in [0.3, 0.4) is 0 Å². The molecule has 0 saturated heterocycles. The van der Waals surface area contributed by atoms with Crippen LogP contribution in [0.25, 0.3) is 10.4 Å². The molecule has 4 aromatic rings. The highest BCUT2D eigenvalue weighted by molar-refractivity contribution is 7.15. The van der Waals surface area contributed by atoms with Crippen LogP contribution in [-0.4, -0.2) is 34.7 Å². The predicted octanol–water partition coefficient (Wildman–Crippen LogP) is 5.29. The van der Waals surface area contributed by atoms with Gasteiger partial charge in [0.2, 0.25) is 12.6 Å². The summed E-state index contributed by atoms with van der Waals surface area (Å²) in [6.07, 6.45) is 3.38. The number of thiophene rings is 1. The molecule has 0 fully saturated rings. The third-order valence-corrected chi connectivity index (χ3v) is 6.99. The predicted molar refractivity (Wildman–Crippen MR) is 129 cm³/mol. The lowest BCUT2D eigenvalue weighted by Gasteiger charge is -2.11. The Balaban J connectivity index is 1.28. The molecule has 8 heteroatoms. The second kappa shape index (κ2) is 8.87. The summed E-state index contributed by atoms with van der Waals surface area (Å²) in [4.78, 5) is 30.7. The first-order valence-corrected chi connectivity index (χ1v) is 11.7. The molecule has 0 atom stereocenters. The van der Waals surface area contributed by atoms with Gasteiger partial charge in [-0.05, 0) is 56.7 Å². The van der Waals surface area contributed by atoms with Gasteiger partial charge in [0.25, 0.3) is 0 Å². The van der Waals surface area contributed by atoms with E-state index in [1.165, 1.54) is 0 Å². The standard InChI is InChI=1S/C26H24N2O5S/c1-15-8-19(17(3)28(15)12-18-5-6-23-24(9-18)33-14-32-23)22(29)13-31-26(30)21-11-27-10-20(21)25-7-4-16(2)34-25/h4-11,27H,12-14H2,1-3H3. The lowest BCUT2D eigenvalue weighted by Crippen LogP contribution is -2.15. The number of aromatic nitrogens is 2. The first kappa shape index (κ1) is 22.0. The van der Waals surface area contributed by atoms with Gasteiger partial charge in [0.1, 0.15) is 0 Å². The number of carbonyl (C=O) groups is 2. The van der Waals surface area contributed by atoms with E-state index in [0.29, 0.717) is 17.7 Å². The Morgan fingerprint density at radius 2 is 1.85 bits per heavy atom. The Labute approximate surface area is 200 Å². The number of aryl methyl sites for hydroxylation is 2. The third kappa shape index (κ3) is 4.12. The second-order valence-corrected chi connectivity index (χ2v) is 9.54. The molecular weight excluding hydrogens is 452 g/mol. The van der Waals surface area contributed by atoms with Crippen LogP contribution in [0.15, 0.2) is 48.8 Å². The summed E-state index contributed by atoms with van der Waals surface area (Å²) >= 11 is 1.60. The summed E-state index contributed by atoms with van der Waals surface area (Å²) in [6, 6.07) is 11.6. The van der Waals surface area contributed by atoms with Crippen molar-refractivity contribution in [1.82, 2.24) is 9.55 Å². The van der Waals surface area contributed by atoms with Gasteiger partial charge in [-0.15, -0.1) is 11.3 Å². The highest BCUT2D eigenvalue weighted by Gasteiger charge is 2.21. The molecule has 0 bridgehead atoms. The van der Waals surface area contributed by atoms with Crippen LogP contribution in [0.4, 0.5) is 0 Å². The molecule has 1 aliphatic rings. The number of Topliss-reactive ketones (excluding diaryl/α,β-unsaturated/α-hetero) is 1. The molecule has 1 N–H and O–H groups in total. The molecule has 1 aliphatic heterocycles. The van der Waals surface area contributed by atoms with Gasteiger partial charge in [-0.2, -0.15) is 0 Å². The Bertz CT molecular complexity index is 1390. The van der Waals surface area contributed by atoms with Gasteiger partial charge >= 0.3 is 5.97 Å². The number of carbonyl (C=O) groups excluding carboxylic acids is 2. The van der Waals surface area contributed by atoms with Crippen LogP contribution in [0.5, 0.6) is 11.5 Å². The molecule has 34 heavy (non-hydrogen) atoms. The number of ketones is 1. The summed E-state index contributed by atoms with van der Waals surface area (Å²) in [6.45, 7) is 6.38. The van der Waals surface area contributed by atoms with Crippen molar-refractivity contribution in [2.24, 2.45) is 0 Å². The zero-order valence-electron chi connectivity index (χ0n) is 19.1. The highest BCUT2D eigenvalue weighted by Crippen LogP contribution is 2.33. The molecule has 0 spiro atoms. The van der Waals surface area contributed by atoms with Gasteiger partial charge in [0.05, 0.1) is 5.56 Å². The molecule has 1 aromatic carbocycles. The third-order valence-electron chi connectivity index (χ3n) is 5.96. The normalized spacial score (nSPS) is 12.2. The smallest absolute Gasteiger partial charge is 0.340 e. The summed E-state index contributed by atoms with van der Waals surface area (Å²) < 4.78 is 18.3. The van der Waals surface area contributed by atoms with Gasteiger partial charge in [-0.1, -0.05) is 6.07 Å². The Morgan fingerprint density at radius 1 is 1.03 bits per heavy atom. The number of H-pyrrole nitrogens is 1. The van der Waals surface area contributed by atoms with Gasteiger partial charge in [-0.3, -0.25) is 4.79 Å². The van der Waals surface area contributed by atoms with Crippen molar-refractivity contribution in [2.75, 3.05) is 13.4 Å². The number of hydrogen-bond acceptors (Lipinski definition) is 6. The number of benzene rings is 1. The zero-order chi connectivity index (χ0) is 23.8. The van der Waals surface area contributed by atoms with Crippen LogP contribution >= 0.6 is 11.3 Å². The van der Waals surface area contributed by atoms with E-state index in [1.807, 2.05) is 57.2 Å². The minimum absolute atomic E-state index is 0.231. The Morgan fingerprint density at radius 3 is 2.65 bits per heavy atom. The molecule has 4 heterocycles. The lowest BCUT2D eigenvalue weighted by molar-refractivity contribution is 0.0475.